The average Bonchev–Trinajstić information content (AvgIpc) is 2.53. The van der Waals surface area contributed by atoms with Gasteiger partial charge in [-0.2, -0.15) is 0 Å². The molecule has 1 aliphatic rings. The Bertz CT molecular complexity index is 293. The summed E-state index contributed by atoms with van der Waals surface area (Å²) in [6.45, 7) is 12.2. The summed E-state index contributed by atoms with van der Waals surface area (Å²) in [5.74, 6) is 0.787. The molecule has 0 spiro atoms. The minimum Gasteiger partial charge on any atom is -0.341 e. The second kappa shape index (κ2) is 6.37. The molecule has 2 atom stereocenters. The van der Waals surface area contributed by atoms with Gasteiger partial charge >= 0.3 is 0 Å². The molecule has 1 rings (SSSR count). The molecular formula is C15H28N2O. The molecule has 1 fully saturated rings. The van der Waals surface area contributed by atoms with Gasteiger partial charge in [0.1, 0.15) is 0 Å². The summed E-state index contributed by atoms with van der Waals surface area (Å²) in [5.41, 5.74) is 6.20. The van der Waals surface area contributed by atoms with Crippen LogP contribution in [-0.4, -0.2) is 29.9 Å². The first kappa shape index (κ1) is 15.2. The number of likely N-dealkylation sites (tertiary alicyclic amines) is 1. The van der Waals surface area contributed by atoms with Crippen LogP contribution in [0.15, 0.2) is 12.7 Å². The molecule has 0 aromatic heterocycles. The van der Waals surface area contributed by atoms with E-state index in [1.165, 1.54) is 6.42 Å². The Kier molecular flexibility index (Phi) is 5.39. The first-order valence-electron chi connectivity index (χ1n) is 7.01. The summed E-state index contributed by atoms with van der Waals surface area (Å²) in [5, 5.41) is 0. The van der Waals surface area contributed by atoms with Gasteiger partial charge in [0, 0.05) is 13.1 Å². The molecule has 1 saturated heterocycles. The molecule has 2 unspecified atom stereocenters. The summed E-state index contributed by atoms with van der Waals surface area (Å²) >= 11 is 0. The van der Waals surface area contributed by atoms with Gasteiger partial charge in [-0.05, 0) is 37.0 Å². The van der Waals surface area contributed by atoms with Crippen molar-refractivity contribution in [1.29, 1.82) is 0 Å². The lowest BCUT2D eigenvalue weighted by Gasteiger charge is -2.30. The Labute approximate surface area is 111 Å². The molecule has 0 aromatic rings. The van der Waals surface area contributed by atoms with Crippen LogP contribution in [0.5, 0.6) is 0 Å². The normalized spacial score (nSPS) is 23.3. The zero-order valence-corrected chi connectivity index (χ0v) is 12.1. The number of hydrogen-bond donors (Lipinski definition) is 1. The van der Waals surface area contributed by atoms with E-state index in [1.807, 2.05) is 4.90 Å². The summed E-state index contributed by atoms with van der Waals surface area (Å²) in [4.78, 5) is 14.1. The van der Waals surface area contributed by atoms with Crippen molar-refractivity contribution in [2.24, 2.45) is 17.1 Å². The third kappa shape index (κ3) is 4.13. The van der Waals surface area contributed by atoms with E-state index >= 15 is 0 Å². The van der Waals surface area contributed by atoms with Gasteiger partial charge in [0.15, 0.2) is 0 Å². The van der Waals surface area contributed by atoms with Crippen LogP contribution >= 0.6 is 0 Å². The molecular weight excluding hydrogens is 224 g/mol. The molecule has 2 N–H and O–H groups in total. The lowest BCUT2D eigenvalue weighted by atomic mass is 9.77. The number of amides is 1. The summed E-state index contributed by atoms with van der Waals surface area (Å²) in [6.07, 6.45) is 5.69. The third-order valence-corrected chi connectivity index (χ3v) is 4.00. The molecule has 18 heavy (non-hydrogen) atoms. The predicted molar refractivity (Wildman–Crippen MR) is 76.2 cm³/mol. The first-order valence-corrected chi connectivity index (χ1v) is 7.01. The average molecular weight is 252 g/mol. The summed E-state index contributed by atoms with van der Waals surface area (Å²) in [7, 11) is 0. The number of nitrogens with zero attached hydrogens (tertiary/aromatic N) is 1. The Morgan fingerprint density at radius 1 is 1.44 bits per heavy atom. The van der Waals surface area contributed by atoms with Gasteiger partial charge < -0.3 is 10.6 Å². The lowest BCUT2D eigenvalue weighted by molar-refractivity contribution is -0.132. The van der Waals surface area contributed by atoms with Gasteiger partial charge in [-0.3, -0.25) is 4.79 Å². The van der Waals surface area contributed by atoms with Crippen LogP contribution < -0.4 is 5.73 Å². The molecule has 0 bridgehead atoms. The highest BCUT2D eigenvalue weighted by molar-refractivity contribution is 5.81. The van der Waals surface area contributed by atoms with Gasteiger partial charge in [0.2, 0.25) is 5.91 Å². The van der Waals surface area contributed by atoms with E-state index in [-0.39, 0.29) is 5.91 Å². The highest BCUT2D eigenvalue weighted by Crippen LogP contribution is 2.34. The van der Waals surface area contributed by atoms with E-state index in [4.69, 9.17) is 5.73 Å². The third-order valence-electron chi connectivity index (χ3n) is 4.00. The SMILES string of the molecule is C=CCC(N)C(=O)N1CCCC(C(C)(C)C)CC1. The van der Waals surface area contributed by atoms with Crippen molar-refractivity contribution in [1.82, 2.24) is 4.90 Å². The molecule has 3 heteroatoms. The molecule has 1 heterocycles. The van der Waals surface area contributed by atoms with Crippen LogP contribution in [0.25, 0.3) is 0 Å². The maximum atomic E-state index is 12.2. The molecule has 0 aliphatic carbocycles. The Morgan fingerprint density at radius 2 is 2.11 bits per heavy atom. The fraction of sp³-hybridized carbons (Fsp3) is 0.800. The minimum atomic E-state index is -0.409. The van der Waals surface area contributed by atoms with Crippen molar-refractivity contribution in [2.75, 3.05) is 13.1 Å². The van der Waals surface area contributed by atoms with Crippen molar-refractivity contribution in [2.45, 2.75) is 52.5 Å². The van der Waals surface area contributed by atoms with Crippen molar-refractivity contribution >= 4 is 5.91 Å². The molecule has 0 radical (unpaired) electrons. The van der Waals surface area contributed by atoms with E-state index < -0.39 is 6.04 Å². The number of carbonyl (C=O) groups excluding carboxylic acids is 1. The minimum absolute atomic E-state index is 0.0875. The molecule has 1 aliphatic heterocycles. The Hall–Kier alpha value is -0.830. The predicted octanol–water partition coefficient (Wildman–Crippen LogP) is 2.56. The number of carbonyl (C=O) groups is 1. The number of rotatable bonds is 3. The molecule has 0 aromatic carbocycles. The van der Waals surface area contributed by atoms with Crippen LogP contribution in [0.4, 0.5) is 0 Å². The highest BCUT2D eigenvalue weighted by atomic mass is 16.2. The van der Waals surface area contributed by atoms with Crippen LogP contribution in [0, 0.1) is 11.3 Å². The van der Waals surface area contributed by atoms with Crippen molar-refractivity contribution in [3.8, 4) is 0 Å². The topological polar surface area (TPSA) is 46.3 Å². The van der Waals surface area contributed by atoms with Crippen LogP contribution in [0.1, 0.15) is 46.5 Å². The second-order valence-corrected chi connectivity index (χ2v) is 6.45. The summed E-state index contributed by atoms with van der Waals surface area (Å²) < 4.78 is 0. The number of hydrogen-bond acceptors (Lipinski definition) is 2. The highest BCUT2D eigenvalue weighted by Gasteiger charge is 2.29. The van der Waals surface area contributed by atoms with Gasteiger partial charge in [0.25, 0.3) is 0 Å². The van der Waals surface area contributed by atoms with E-state index in [0.717, 1.165) is 25.9 Å². The van der Waals surface area contributed by atoms with Gasteiger partial charge in [-0.25, -0.2) is 0 Å². The van der Waals surface area contributed by atoms with Crippen molar-refractivity contribution in [3.63, 3.8) is 0 Å². The quantitative estimate of drug-likeness (QED) is 0.785. The molecule has 0 saturated carbocycles. The molecule has 1 amide bonds. The van der Waals surface area contributed by atoms with Crippen molar-refractivity contribution in [3.05, 3.63) is 12.7 Å². The Balaban J connectivity index is 2.56. The van der Waals surface area contributed by atoms with E-state index in [1.54, 1.807) is 6.08 Å². The number of nitrogens with two attached hydrogens (primary N) is 1. The van der Waals surface area contributed by atoms with E-state index in [2.05, 4.69) is 27.4 Å². The van der Waals surface area contributed by atoms with E-state index in [9.17, 15) is 4.79 Å². The van der Waals surface area contributed by atoms with E-state index in [0.29, 0.717) is 17.8 Å². The standard InChI is InChI=1S/C15H28N2O/c1-5-7-13(16)14(18)17-10-6-8-12(9-11-17)15(2,3)4/h5,12-13H,1,6-11,16H2,2-4H3. The van der Waals surface area contributed by atoms with Crippen LogP contribution in [-0.2, 0) is 4.79 Å². The zero-order chi connectivity index (χ0) is 13.8. The summed E-state index contributed by atoms with van der Waals surface area (Å²) in [6, 6.07) is -0.409. The smallest absolute Gasteiger partial charge is 0.239 e. The molecule has 3 nitrogen and oxygen atoms in total. The van der Waals surface area contributed by atoms with Gasteiger partial charge in [-0.15, -0.1) is 6.58 Å². The largest absolute Gasteiger partial charge is 0.341 e. The van der Waals surface area contributed by atoms with Gasteiger partial charge in [0.05, 0.1) is 6.04 Å². The maximum Gasteiger partial charge on any atom is 0.239 e. The van der Waals surface area contributed by atoms with Crippen molar-refractivity contribution < 1.29 is 4.79 Å². The fourth-order valence-corrected chi connectivity index (χ4v) is 2.70. The Morgan fingerprint density at radius 3 is 2.67 bits per heavy atom. The fourth-order valence-electron chi connectivity index (χ4n) is 2.70. The maximum absolute atomic E-state index is 12.2. The second-order valence-electron chi connectivity index (χ2n) is 6.45. The van der Waals surface area contributed by atoms with Crippen LogP contribution in [0.2, 0.25) is 0 Å². The van der Waals surface area contributed by atoms with Crippen LogP contribution in [0.3, 0.4) is 0 Å². The molecule has 104 valence electrons. The lowest BCUT2D eigenvalue weighted by Crippen LogP contribution is -2.44. The first-order chi connectivity index (χ1) is 8.36. The zero-order valence-electron chi connectivity index (χ0n) is 12.1. The van der Waals surface area contributed by atoms with Gasteiger partial charge in [-0.1, -0.05) is 26.8 Å². The monoisotopic (exact) mass is 252 g/mol.